The maximum Gasteiger partial charge on any atom is 0.305 e. The molecule has 0 heterocycles. The molecule has 0 spiro atoms. The second kappa shape index (κ2) is 7.98. The first kappa shape index (κ1) is 17.4. The van der Waals surface area contributed by atoms with Crippen molar-refractivity contribution in [1.29, 1.82) is 0 Å². The van der Waals surface area contributed by atoms with Crippen LogP contribution in [-0.4, -0.2) is 25.2 Å². The van der Waals surface area contributed by atoms with Crippen LogP contribution in [0.4, 0.5) is 4.39 Å². The number of methoxy groups -OCH3 is 1. The number of nitrogens with one attached hydrogen (secondary N) is 1. The van der Waals surface area contributed by atoms with Crippen LogP contribution in [0.5, 0.6) is 5.75 Å². The molecule has 118 valence electrons. The summed E-state index contributed by atoms with van der Waals surface area (Å²) in [4.78, 5) is 10.9. The highest BCUT2D eigenvalue weighted by Gasteiger charge is 2.10. The molecule has 0 fully saturated rings. The lowest BCUT2D eigenvalue weighted by Gasteiger charge is -2.20. The first-order valence-electron chi connectivity index (χ1n) is 7.05. The van der Waals surface area contributed by atoms with E-state index < -0.39 is 0 Å². The zero-order valence-corrected chi connectivity index (χ0v) is 13.2. The van der Waals surface area contributed by atoms with Crippen molar-refractivity contribution < 1.29 is 18.7 Å². The SMILES string of the molecule is COC(=O)CCCOc1ccc(CNC(C)(C)C)cc1F. The van der Waals surface area contributed by atoms with Crippen LogP contribution in [0.25, 0.3) is 0 Å². The van der Waals surface area contributed by atoms with Gasteiger partial charge < -0.3 is 14.8 Å². The van der Waals surface area contributed by atoms with Gasteiger partial charge in [0.05, 0.1) is 13.7 Å². The van der Waals surface area contributed by atoms with Gasteiger partial charge in [0.2, 0.25) is 0 Å². The van der Waals surface area contributed by atoms with Gasteiger partial charge in [-0.05, 0) is 44.9 Å². The molecule has 0 amide bonds. The molecule has 1 N–H and O–H groups in total. The molecule has 5 heteroatoms. The number of esters is 1. The molecule has 0 saturated heterocycles. The van der Waals surface area contributed by atoms with Gasteiger partial charge in [-0.15, -0.1) is 0 Å². The average molecular weight is 297 g/mol. The molecule has 4 nitrogen and oxygen atoms in total. The van der Waals surface area contributed by atoms with Crippen molar-refractivity contribution in [2.75, 3.05) is 13.7 Å². The molecule has 0 unspecified atom stereocenters. The zero-order chi connectivity index (χ0) is 15.9. The van der Waals surface area contributed by atoms with E-state index in [2.05, 4.69) is 30.8 Å². The lowest BCUT2D eigenvalue weighted by Crippen LogP contribution is -2.35. The van der Waals surface area contributed by atoms with Crippen LogP contribution in [0.1, 0.15) is 39.2 Å². The first-order chi connectivity index (χ1) is 9.81. The van der Waals surface area contributed by atoms with E-state index in [9.17, 15) is 9.18 Å². The summed E-state index contributed by atoms with van der Waals surface area (Å²) in [6.45, 7) is 7.06. The maximum atomic E-state index is 13.9. The first-order valence-corrected chi connectivity index (χ1v) is 7.05. The van der Waals surface area contributed by atoms with Crippen molar-refractivity contribution in [2.45, 2.75) is 45.7 Å². The van der Waals surface area contributed by atoms with Crippen molar-refractivity contribution >= 4 is 5.97 Å². The Morgan fingerprint density at radius 1 is 1.33 bits per heavy atom. The smallest absolute Gasteiger partial charge is 0.305 e. The summed E-state index contributed by atoms with van der Waals surface area (Å²) in [5.74, 6) is -0.469. The fraction of sp³-hybridized carbons (Fsp3) is 0.562. The Hall–Kier alpha value is -1.62. The molecule has 1 aromatic carbocycles. The largest absolute Gasteiger partial charge is 0.491 e. The van der Waals surface area contributed by atoms with Gasteiger partial charge in [0, 0.05) is 18.5 Å². The van der Waals surface area contributed by atoms with E-state index in [0.717, 1.165) is 5.56 Å². The summed E-state index contributed by atoms with van der Waals surface area (Å²) in [5.41, 5.74) is 0.851. The zero-order valence-electron chi connectivity index (χ0n) is 13.2. The normalized spacial score (nSPS) is 11.3. The van der Waals surface area contributed by atoms with Gasteiger partial charge >= 0.3 is 5.97 Å². The monoisotopic (exact) mass is 297 g/mol. The summed E-state index contributed by atoms with van der Waals surface area (Å²) in [7, 11) is 1.34. The van der Waals surface area contributed by atoms with Crippen molar-refractivity contribution in [3.05, 3.63) is 29.6 Å². The number of hydrogen-bond acceptors (Lipinski definition) is 4. The van der Waals surface area contributed by atoms with Crippen molar-refractivity contribution in [1.82, 2.24) is 5.32 Å². The summed E-state index contributed by atoms with van der Waals surface area (Å²) in [6.07, 6.45) is 0.769. The molecule has 0 aliphatic rings. The molecule has 0 atom stereocenters. The van der Waals surface area contributed by atoms with E-state index in [0.29, 0.717) is 13.0 Å². The lowest BCUT2D eigenvalue weighted by molar-refractivity contribution is -0.140. The Labute approximate surface area is 125 Å². The third-order valence-corrected chi connectivity index (χ3v) is 2.83. The number of hydrogen-bond donors (Lipinski definition) is 1. The fourth-order valence-electron chi connectivity index (χ4n) is 1.64. The third-order valence-electron chi connectivity index (χ3n) is 2.83. The van der Waals surface area contributed by atoms with Gasteiger partial charge in [-0.1, -0.05) is 6.07 Å². The standard InChI is InChI=1S/C16H24FNO3/c1-16(2,3)18-11-12-7-8-14(13(17)10-12)21-9-5-6-15(19)20-4/h7-8,10,18H,5-6,9,11H2,1-4H3. The van der Waals surface area contributed by atoms with E-state index in [1.807, 2.05) is 6.07 Å². The minimum absolute atomic E-state index is 0.0144. The highest BCUT2D eigenvalue weighted by molar-refractivity contribution is 5.69. The number of halogens is 1. The van der Waals surface area contributed by atoms with Crippen molar-refractivity contribution in [2.24, 2.45) is 0 Å². The second-order valence-electron chi connectivity index (χ2n) is 5.90. The molecule has 0 aliphatic heterocycles. The van der Waals surface area contributed by atoms with Gasteiger partial charge in [-0.25, -0.2) is 4.39 Å². The summed E-state index contributed by atoms with van der Waals surface area (Å²) >= 11 is 0. The van der Waals surface area contributed by atoms with Crippen LogP contribution in [0.3, 0.4) is 0 Å². The summed E-state index contributed by atoms with van der Waals surface area (Å²) in [5, 5.41) is 3.30. The second-order valence-corrected chi connectivity index (χ2v) is 5.90. The minimum Gasteiger partial charge on any atom is -0.491 e. The van der Waals surface area contributed by atoms with E-state index in [4.69, 9.17) is 4.74 Å². The third kappa shape index (κ3) is 7.09. The van der Waals surface area contributed by atoms with Gasteiger partial charge in [0.1, 0.15) is 0 Å². The number of carbonyl (C=O) groups excluding carboxylic acids is 1. The average Bonchev–Trinajstić information content (AvgIpc) is 2.41. The molecular formula is C16H24FNO3. The molecule has 0 bridgehead atoms. The Morgan fingerprint density at radius 2 is 2.05 bits per heavy atom. The van der Waals surface area contributed by atoms with Crippen LogP contribution < -0.4 is 10.1 Å². The Morgan fingerprint density at radius 3 is 2.62 bits per heavy atom. The van der Waals surface area contributed by atoms with E-state index >= 15 is 0 Å². The van der Waals surface area contributed by atoms with Crippen LogP contribution >= 0.6 is 0 Å². The molecule has 1 rings (SSSR count). The van der Waals surface area contributed by atoms with Gasteiger partial charge in [-0.3, -0.25) is 4.79 Å². The predicted molar refractivity (Wildman–Crippen MR) is 79.7 cm³/mol. The Bertz CT molecular complexity index is 469. The van der Waals surface area contributed by atoms with Crippen molar-refractivity contribution in [3.8, 4) is 5.75 Å². The summed E-state index contributed by atoms with van der Waals surface area (Å²) < 4.78 is 23.7. The number of rotatable bonds is 7. The molecular weight excluding hydrogens is 273 g/mol. The molecule has 1 aromatic rings. The molecule has 0 saturated carbocycles. The number of ether oxygens (including phenoxy) is 2. The predicted octanol–water partition coefficient (Wildman–Crippen LogP) is 3.05. The van der Waals surface area contributed by atoms with Crippen LogP contribution in [0.2, 0.25) is 0 Å². The number of benzene rings is 1. The maximum absolute atomic E-state index is 13.9. The number of carbonyl (C=O) groups is 1. The van der Waals surface area contributed by atoms with Gasteiger partial charge in [0.25, 0.3) is 0 Å². The fourth-order valence-corrected chi connectivity index (χ4v) is 1.64. The highest BCUT2D eigenvalue weighted by atomic mass is 19.1. The van der Waals surface area contributed by atoms with Crippen molar-refractivity contribution in [3.63, 3.8) is 0 Å². The van der Waals surface area contributed by atoms with E-state index in [1.165, 1.54) is 13.2 Å². The Balaban J connectivity index is 2.45. The van der Waals surface area contributed by atoms with Crippen LogP contribution in [0, 0.1) is 5.82 Å². The minimum atomic E-state index is -0.388. The summed E-state index contributed by atoms with van der Waals surface area (Å²) in [6, 6.07) is 4.92. The molecule has 0 aliphatic carbocycles. The Kier molecular flexibility index (Phi) is 6.62. The molecule has 0 radical (unpaired) electrons. The van der Waals surface area contributed by atoms with E-state index in [1.54, 1.807) is 6.07 Å². The van der Waals surface area contributed by atoms with Gasteiger partial charge in [-0.2, -0.15) is 0 Å². The highest BCUT2D eigenvalue weighted by Crippen LogP contribution is 2.19. The molecule has 0 aromatic heterocycles. The lowest BCUT2D eigenvalue weighted by atomic mass is 10.1. The van der Waals surface area contributed by atoms with Crippen LogP contribution in [0.15, 0.2) is 18.2 Å². The molecule has 21 heavy (non-hydrogen) atoms. The van der Waals surface area contributed by atoms with Crippen LogP contribution in [-0.2, 0) is 16.1 Å². The quantitative estimate of drug-likeness (QED) is 0.621. The van der Waals surface area contributed by atoms with E-state index in [-0.39, 0.29) is 36.1 Å². The van der Waals surface area contributed by atoms with Gasteiger partial charge in [0.15, 0.2) is 11.6 Å². The topological polar surface area (TPSA) is 47.6 Å².